The number of rotatable bonds is 9. The molecule has 0 bridgehead atoms. The van der Waals surface area contributed by atoms with Crippen molar-refractivity contribution in [2.75, 3.05) is 39.8 Å². The maximum absolute atomic E-state index is 15.1. The highest BCUT2D eigenvalue weighted by molar-refractivity contribution is 6.30. The maximum Gasteiger partial charge on any atom is 0.408 e. The highest BCUT2D eigenvalue weighted by Gasteiger charge is 2.54. The Labute approximate surface area is 303 Å². The number of piperazine rings is 1. The number of carbonyl (C=O) groups excluding carboxylic acids is 3. The van der Waals surface area contributed by atoms with Crippen molar-refractivity contribution in [2.24, 2.45) is 0 Å². The zero-order chi connectivity index (χ0) is 36.2. The van der Waals surface area contributed by atoms with Crippen LogP contribution in [0.2, 0.25) is 10.0 Å². The summed E-state index contributed by atoms with van der Waals surface area (Å²) in [5.74, 6) is 0.579. The highest BCUT2D eigenvalue weighted by Crippen LogP contribution is 2.45. The van der Waals surface area contributed by atoms with E-state index < -0.39 is 17.4 Å². The minimum atomic E-state index is -1.46. The smallest absolute Gasteiger partial charge is 0.408 e. The van der Waals surface area contributed by atoms with Crippen molar-refractivity contribution in [3.63, 3.8) is 0 Å². The lowest BCUT2D eigenvalue weighted by Gasteiger charge is -2.41. The summed E-state index contributed by atoms with van der Waals surface area (Å²) in [5, 5.41) is 11.1. The highest BCUT2D eigenvalue weighted by atomic mass is 35.5. The molecule has 268 valence electrons. The van der Waals surface area contributed by atoms with Crippen LogP contribution in [0.5, 0.6) is 11.5 Å². The number of amides is 3. The van der Waals surface area contributed by atoms with E-state index in [2.05, 4.69) is 16.0 Å². The molecule has 3 aromatic rings. The SMILES string of the molecule is COc1ccc(C2(C(=O)N3CCN(C(=O)CNC(=O)OC(C)(C)C)CC3)NC(c3ccc(Cl)cc3)C(c3ccc(Cl)cc3)N2)c(OC(C)C)c1. The van der Waals surface area contributed by atoms with E-state index in [1.165, 1.54) is 0 Å². The molecule has 3 aromatic carbocycles. The fraction of sp³-hybridized carbons (Fsp3) is 0.432. The number of hydrogen-bond donors (Lipinski definition) is 3. The van der Waals surface area contributed by atoms with Gasteiger partial charge in [-0.1, -0.05) is 47.5 Å². The van der Waals surface area contributed by atoms with E-state index >= 15 is 4.79 Å². The average Bonchev–Trinajstić information content (AvgIpc) is 3.48. The first kappa shape index (κ1) is 37.2. The van der Waals surface area contributed by atoms with Gasteiger partial charge in [0.1, 0.15) is 23.6 Å². The van der Waals surface area contributed by atoms with E-state index in [1.54, 1.807) is 43.7 Å². The van der Waals surface area contributed by atoms with Crippen molar-refractivity contribution in [3.8, 4) is 11.5 Å². The summed E-state index contributed by atoms with van der Waals surface area (Å²) < 4.78 is 17.1. The first-order chi connectivity index (χ1) is 23.7. The van der Waals surface area contributed by atoms with Crippen LogP contribution in [0, 0.1) is 0 Å². The quantitative estimate of drug-likeness (QED) is 0.253. The lowest BCUT2D eigenvalue weighted by Crippen LogP contribution is -2.62. The summed E-state index contributed by atoms with van der Waals surface area (Å²) in [6, 6.07) is 19.8. The molecule has 0 aliphatic carbocycles. The molecule has 0 radical (unpaired) electrons. The molecule has 2 aliphatic rings. The van der Waals surface area contributed by atoms with Crippen molar-refractivity contribution in [1.29, 1.82) is 0 Å². The molecule has 2 unspecified atom stereocenters. The van der Waals surface area contributed by atoms with Crippen LogP contribution in [0.4, 0.5) is 4.79 Å². The Kier molecular flexibility index (Phi) is 11.5. The van der Waals surface area contributed by atoms with Gasteiger partial charge < -0.3 is 29.3 Å². The van der Waals surface area contributed by atoms with E-state index in [1.807, 2.05) is 74.5 Å². The molecule has 2 fully saturated rings. The number of halogens is 2. The van der Waals surface area contributed by atoms with Crippen molar-refractivity contribution >= 4 is 41.1 Å². The normalized spacial score (nSPS) is 20.8. The summed E-state index contributed by atoms with van der Waals surface area (Å²) in [7, 11) is 1.58. The van der Waals surface area contributed by atoms with Crippen LogP contribution in [-0.2, 0) is 20.0 Å². The van der Waals surface area contributed by atoms with Crippen LogP contribution in [0.1, 0.15) is 63.4 Å². The third-order valence-corrected chi connectivity index (χ3v) is 9.02. The molecular weight excluding hydrogens is 681 g/mol. The molecule has 50 heavy (non-hydrogen) atoms. The molecule has 2 saturated heterocycles. The zero-order valence-electron chi connectivity index (χ0n) is 29.2. The third kappa shape index (κ3) is 8.63. The van der Waals surface area contributed by atoms with E-state index in [4.69, 9.17) is 37.4 Å². The number of benzene rings is 3. The fourth-order valence-electron chi connectivity index (χ4n) is 6.22. The largest absolute Gasteiger partial charge is 0.497 e. The molecule has 3 N–H and O–H groups in total. The van der Waals surface area contributed by atoms with Crippen LogP contribution in [0.25, 0.3) is 0 Å². The molecule has 2 heterocycles. The second-order valence-corrected chi connectivity index (χ2v) is 14.5. The number of methoxy groups -OCH3 is 1. The average molecular weight is 727 g/mol. The van der Waals surface area contributed by atoms with Gasteiger partial charge in [-0.25, -0.2) is 4.79 Å². The molecule has 5 rings (SSSR count). The standard InChI is InChI=1S/C37H45Cl2N5O6/c1-23(2)49-30-21-28(48-6)15-16-29(30)37(34(46)44-19-17-43(18-20-44)31(45)22-40-35(47)50-36(3,4)5)41-32(24-7-11-26(38)12-8-24)33(42-37)25-9-13-27(39)14-10-25/h7-16,21,23,32-33,41-42H,17-20,22H2,1-6H3,(H,40,47). The van der Waals surface area contributed by atoms with Gasteiger partial charge in [-0.05, 0) is 82.1 Å². The predicted molar refractivity (Wildman–Crippen MR) is 192 cm³/mol. The van der Waals surface area contributed by atoms with E-state index in [0.717, 1.165) is 11.1 Å². The summed E-state index contributed by atoms with van der Waals surface area (Å²) in [6.45, 7) is 10.0. The van der Waals surface area contributed by atoms with E-state index in [0.29, 0.717) is 27.1 Å². The van der Waals surface area contributed by atoms with Crippen LogP contribution in [-0.4, -0.2) is 79.2 Å². The predicted octanol–water partition coefficient (Wildman–Crippen LogP) is 5.81. The molecule has 2 atom stereocenters. The number of alkyl carbamates (subject to hydrolysis) is 1. The Morgan fingerprint density at radius 3 is 1.86 bits per heavy atom. The second kappa shape index (κ2) is 15.5. The van der Waals surface area contributed by atoms with Gasteiger partial charge in [0.15, 0.2) is 5.66 Å². The first-order valence-electron chi connectivity index (χ1n) is 16.6. The van der Waals surface area contributed by atoms with Crippen molar-refractivity contribution < 1.29 is 28.6 Å². The molecule has 0 aromatic heterocycles. The summed E-state index contributed by atoms with van der Waals surface area (Å²) in [6.07, 6.45) is -0.859. The summed E-state index contributed by atoms with van der Waals surface area (Å²) >= 11 is 12.6. The Balaban J connectivity index is 1.49. The lowest BCUT2D eigenvalue weighted by molar-refractivity contribution is -0.144. The van der Waals surface area contributed by atoms with E-state index in [-0.39, 0.29) is 62.7 Å². The van der Waals surface area contributed by atoms with Gasteiger partial charge in [-0.2, -0.15) is 0 Å². The van der Waals surface area contributed by atoms with E-state index in [9.17, 15) is 9.59 Å². The molecule has 2 aliphatic heterocycles. The molecule has 0 saturated carbocycles. The van der Waals surface area contributed by atoms with Gasteiger partial charge in [0, 0.05) is 47.9 Å². The summed E-state index contributed by atoms with van der Waals surface area (Å²) in [5.41, 5.74) is 0.289. The Morgan fingerprint density at radius 2 is 1.38 bits per heavy atom. The Bertz CT molecular complexity index is 1620. The van der Waals surface area contributed by atoms with Gasteiger partial charge in [0.05, 0.1) is 25.3 Å². The topological polar surface area (TPSA) is 121 Å². The lowest BCUT2D eigenvalue weighted by atomic mass is 9.95. The molecular formula is C37H45Cl2N5O6. The molecule has 13 heteroatoms. The molecule has 0 spiro atoms. The van der Waals surface area contributed by atoms with Crippen molar-refractivity contribution in [2.45, 2.75) is 64.1 Å². The van der Waals surface area contributed by atoms with Crippen LogP contribution < -0.4 is 25.4 Å². The number of ether oxygens (including phenoxy) is 3. The van der Waals surface area contributed by atoms with Crippen molar-refractivity contribution in [3.05, 3.63) is 93.5 Å². The van der Waals surface area contributed by atoms with Crippen LogP contribution >= 0.6 is 23.2 Å². The van der Waals surface area contributed by atoms with Gasteiger partial charge in [0.25, 0.3) is 5.91 Å². The molecule has 3 amide bonds. The first-order valence-corrected chi connectivity index (χ1v) is 17.4. The van der Waals surface area contributed by atoms with Crippen LogP contribution in [0.15, 0.2) is 66.7 Å². The number of hydrogen-bond acceptors (Lipinski definition) is 8. The Hall–Kier alpha value is -4.03. The Morgan fingerprint density at radius 1 is 0.860 bits per heavy atom. The monoisotopic (exact) mass is 725 g/mol. The second-order valence-electron chi connectivity index (χ2n) is 13.7. The minimum absolute atomic E-state index is 0.197. The van der Waals surface area contributed by atoms with Gasteiger partial charge >= 0.3 is 6.09 Å². The van der Waals surface area contributed by atoms with Gasteiger partial charge in [-0.3, -0.25) is 20.2 Å². The number of nitrogens with one attached hydrogen (secondary N) is 3. The van der Waals surface area contributed by atoms with Crippen molar-refractivity contribution in [1.82, 2.24) is 25.8 Å². The zero-order valence-corrected chi connectivity index (χ0v) is 30.7. The van der Waals surface area contributed by atoms with Gasteiger partial charge in [0.2, 0.25) is 5.91 Å². The summed E-state index contributed by atoms with van der Waals surface area (Å²) in [4.78, 5) is 43.6. The molecule has 11 nitrogen and oxygen atoms in total. The van der Waals surface area contributed by atoms with Gasteiger partial charge in [-0.15, -0.1) is 0 Å². The van der Waals surface area contributed by atoms with Crippen LogP contribution in [0.3, 0.4) is 0 Å². The maximum atomic E-state index is 15.1. The third-order valence-electron chi connectivity index (χ3n) is 8.51. The minimum Gasteiger partial charge on any atom is -0.497 e. The fourth-order valence-corrected chi connectivity index (χ4v) is 6.47. The number of nitrogens with zero attached hydrogens (tertiary/aromatic N) is 2. The number of carbonyl (C=O) groups is 3.